The number of nitrogens with one attached hydrogen (secondary N) is 1. The summed E-state index contributed by atoms with van der Waals surface area (Å²) in [6, 6.07) is 0. The van der Waals surface area contributed by atoms with Crippen LogP contribution in [-0.4, -0.2) is 63.7 Å². The fourth-order valence-electron chi connectivity index (χ4n) is 2.72. The highest BCUT2D eigenvalue weighted by molar-refractivity contribution is 4.83. The highest BCUT2D eigenvalue weighted by Gasteiger charge is 2.28. The molecular formula is C16H37N3. The normalized spacial score (nSPS) is 12.9. The average Bonchev–Trinajstić information content (AvgIpc) is 2.34. The number of likely N-dealkylation sites (N-methyl/N-ethyl adjacent to an activating group) is 1. The summed E-state index contributed by atoms with van der Waals surface area (Å²) in [6.45, 7) is 15.2. The van der Waals surface area contributed by atoms with Crippen LogP contribution in [0, 0.1) is 11.3 Å². The van der Waals surface area contributed by atoms with Gasteiger partial charge in [-0.1, -0.05) is 27.7 Å². The van der Waals surface area contributed by atoms with Crippen molar-refractivity contribution >= 4 is 0 Å². The van der Waals surface area contributed by atoms with Gasteiger partial charge in [-0.05, 0) is 45.3 Å². The van der Waals surface area contributed by atoms with Gasteiger partial charge in [0.05, 0.1) is 0 Å². The fourth-order valence-corrected chi connectivity index (χ4v) is 2.72. The van der Waals surface area contributed by atoms with E-state index in [1.807, 2.05) is 0 Å². The number of nitrogens with zero attached hydrogens (tertiary/aromatic N) is 2. The summed E-state index contributed by atoms with van der Waals surface area (Å²) in [5, 5.41) is 3.40. The van der Waals surface area contributed by atoms with Crippen molar-refractivity contribution in [1.82, 2.24) is 15.1 Å². The maximum Gasteiger partial charge on any atom is 0.0109 e. The van der Waals surface area contributed by atoms with Crippen LogP contribution in [0.15, 0.2) is 0 Å². The van der Waals surface area contributed by atoms with Crippen molar-refractivity contribution in [2.24, 2.45) is 11.3 Å². The van der Waals surface area contributed by atoms with Crippen molar-refractivity contribution < 1.29 is 0 Å². The standard InChI is InChI=1S/C16H37N3/c1-8-16(9-2,13-17-5)14-19(12-15(3)4)11-10-18(6)7/h15,17H,8-14H2,1-7H3. The van der Waals surface area contributed by atoms with E-state index in [1.165, 1.54) is 32.5 Å². The molecule has 19 heavy (non-hydrogen) atoms. The van der Waals surface area contributed by atoms with Gasteiger partial charge in [0.2, 0.25) is 0 Å². The van der Waals surface area contributed by atoms with Crippen LogP contribution in [0.25, 0.3) is 0 Å². The summed E-state index contributed by atoms with van der Waals surface area (Å²) >= 11 is 0. The molecule has 1 N–H and O–H groups in total. The molecule has 0 aromatic rings. The summed E-state index contributed by atoms with van der Waals surface area (Å²) in [5.41, 5.74) is 0.427. The Bertz CT molecular complexity index is 210. The van der Waals surface area contributed by atoms with Crippen LogP contribution in [0.2, 0.25) is 0 Å². The molecule has 0 unspecified atom stereocenters. The average molecular weight is 271 g/mol. The van der Waals surface area contributed by atoms with Gasteiger partial charge >= 0.3 is 0 Å². The maximum absolute atomic E-state index is 3.40. The largest absolute Gasteiger partial charge is 0.319 e. The molecule has 0 aromatic heterocycles. The van der Waals surface area contributed by atoms with Crippen molar-refractivity contribution in [3.63, 3.8) is 0 Å². The van der Waals surface area contributed by atoms with Crippen LogP contribution in [0.4, 0.5) is 0 Å². The Morgan fingerprint density at radius 1 is 1.05 bits per heavy atom. The van der Waals surface area contributed by atoms with Gasteiger partial charge in [0.15, 0.2) is 0 Å². The van der Waals surface area contributed by atoms with Gasteiger partial charge in [0, 0.05) is 32.7 Å². The van der Waals surface area contributed by atoms with Crippen LogP contribution in [0.1, 0.15) is 40.5 Å². The molecule has 0 saturated carbocycles. The monoisotopic (exact) mass is 271 g/mol. The quantitative estimate of drug-likeness (QED) is 0.623. The molecule has 0 fully saturated rings. The van der Waals surface area contributed by atoms with Crippen molar-refractivity contribution in [2.75, 3.05) is 53.9 Å². The van der Waals surface area contributed by atoms with Crippen LogP contribution in [0.3, 0.4) is 0 Å². The predicted octanol–water partition coefficient (Wildman–Crippen LogP) is 2.53. The molecular weight excluding hydrogens is 234 g/mol. The predicted molar refractivity (Wildman–Crippen MR) is 86.8 cm³/mol. The summed E-state index contributed by atoms with van der Waals surface area (Å²) in [7, 11) is 6.40. The van der Waals surface area contributed by atoms with Gasteiger partial charge < -0.3 is 15.1 Å². The van der Waals surface area contributed by atoms with Gasteiger partial charge in [-0.25, -0.2) is 0 Å². The minimum absolute atomic E-state index is 0.427. The third kappa shape index (κ3) is 7.91. The van der Waals surface area contributed by atoms with Gasteiger partial charge in [0.1, 0.15) is 0 Å². The molecule has 116 valence electrons. The van der Waals surface area contributed by atoms with Crippen LogP contribution in [0.5, 0.6) is 0 Å². The summed E-state index contributed by atoms with van der Waals surface area (Å²) in [6.07, 6.45) is 2.50. The molecule has 0 aliphatic heterocycles. The van der Waals surface area contributed by atoms with Crippen molar-refractivity contribution in [3.05, 3.63) is 0 Å². The van der Waals surface area contributed by atoms with E-state index in [0.717, 1.165) is 19.0 Å². The van der Waals surface area contributed by atoms with Crippen LogP contribution >= 0.6 is 0 Å². The van der Waals surface area contributed by atoms with E-state index >= 15 is 0 Å². The smallest absolute Gasteiger partial charge is 0.0109 e. The van der Waals surface area contributed by atoms with E-state index in [-0.39, 0.29) is 0 Å². The Kier molecular flexibility index (Phi) is 9.67. The molecule has 0 aromatic carbocycles. The molecule has 0 spiro atoms. The maximum atomic E-state index is 3.40. The number of hydrogen-bond acceptors (Lipinski definition) is 3. The second kappa shape index (κ2) is 9.73. The Balaban J connectivity index is 4.63. The first-order valence-corrected chi connectivity index (χ1v) is 7.90. The Labute approximate surface area is 121 Å². The lowest BCUT2D eigenvalue weighted by molar-refractivity contribution is 0.118. The zero-order chi connectivity index (χ0) is 14.9. The third-order valence-corrected chi connectivity index (χ3v) is 4.10. The second-order valence-electron chi connectivity index (χ2n) is 6.67. The molecule has 3 heteroatoms. The summed E-state index contributed by atoms with van der Waals surface area (Å²) < 4.78 is 0. The zero-order valence-electron chi connectivity index (χ0n) is 14.4. The second-order valence-corrected chi connectivity index (χ2v) is 6.67. The van der Waals surface area contributed by atoms with E-state index in [2.05, 4.69) is 64.0 Å². The first-order valence-electron chi connectivity index (χ1n) is 7.90. The first kappa shape index (κ1) is 18.9. The number of rotatable bonds is 11. The van der Waals surface area contributed by atoms with Gasteiger partial charge in [-0.3, -0.25) is 0 Å². The van der Waals surface area contributed by atoms with Crippen molar-refractivity contribution in [2.45, 2.75) is 40.5 Å². The fraction of sp³-hybridized carbons (Fsp3) is 1.00. The van der Waals surface area contributed by atoms with Gasteiger partial charge in [-0.2, -0.15) is 0 Å². The van der Waals surface area contributed by atoms with Crippen molar-refractivity contribution in [3.8, 4) is 0 Å². The highest BCUT2D eigenvalue weighted by atomic mass is 15.2. The Hall–Kier alpha value is -0.120. The molecule has 0 bridgehead atoms. The van der Waals surface area contributed by atoms with Crippen molar-refractivity contribution in [1.29, 1.82) is 0 Å². The summed E-state index contributed by atoms with van der Waals surface area (Å²) in [5.74, 6) is 0.739. The van der Waals surface area contributed by atoms with Crippen LogP contribution < -0.4 is 5.32 Å². The van der Waals surface area contributed by atoms with Gasteiger partial charge in [-0.15, -0.1) is 0 Å². The lowest BCUT2D eigenvalue weighted by Gasteiger charge is -2.38. The first-order chi connectivity index (χ1) is 8.89. The molecule has 0 radical (unpaired) electrons. The molecule has 0 saturated heterocycles. The zero-order valence-corrected chi connectivity index (χ0v) is 14.4. The molecule has 0 aliphatic rings. The highest BCUT2D eigenvalue weighted by Crippen LogP contribution is 2.27. The minimum Gasteiger partial charge on any atom is -0.319 e. The summed E-state index contributed by atoms with van der Waals surface area (Å²) in [4.78, 5) is 4.94. The van der Waals surface area contributed by atoms with Gasteiger partial charge in [0.25, 0.3) is 0 Å². The minimum atomic E-state index is 0.427. The topological polar surface area (TPSA) is 18.5 Å². The van der Waals surface area contributed by atoms with E-state index in [4.69, 9.17) is 0 Å². The molecule has 0 rings (SSSR count). The number of hydrogen-bond donors (Lipinski definition) is 1. The molecule has 0 atom stereocenters. The Morgan fingerprint density at radius 2 is 1.63 bits per heavy atom. The SMILES string of the molecule is CCC(CC)(CNC)CN(CCN(C)C)CC(C)C. The lowest BCUT2D eigenvalue weighted by Crippen LogP contribution is -2.45. The Morgan fingerprint density at radius 3 is 2.00 bits per heavy atom. The molecule has 0 amide bonds. The molecule has 3 nitrogen and oxygen atoms in total. The molecule has 0 aliphatic carbocycles. The van der Waals surface area contributed by atoms with E-state index < -0.39 is 0 Å². The molecule has 0 heterocycles. The third-order valence-electron chi connectivity index (χ3n) is 4.10. The lowest BCUT2D eigenvalue weighted by atomic mass is 9.81. The van der Waals surface area contributed by atoms with E-state index in [9.17, 15) is 0 Å². The van der Waals surface area contributed by atoms with Crippen LogP contribution in [-0.2, 0) is 0 Å². The van der Waals surface area contributed by atoms with E-state index in [0.29, 0.717) is 5.41 Å². The van der Waals surface area contributed by atoms with E-state index in [1.54, 1.807) is 0 Å².